The fourth-order valence-corrected chi connectivity index (χ4v) is 6.62. The normalized spacial score (nSPS) is 12.0. The average Bonchev–Trinajstić information content (AvgIpc) is 2.76. The number of aryl methyl sites for hydroxylation is 1. The van der Waals surface area contributed by atoms with Gasteiger partial charge in [-0.2, -0.15) is 16.8 Å². The van der Waals surface area contributed by atoms with Crippen LogP contribution in [0.2, 0.25) is 0 Å². The quantitative estimate of drug-likeness (QED) is 0.105. The van der Waals surface area contributed by atoms with Crippen molar-refractivity contribution in [3.63, 3.8) is 0 Å². The number of hydrogen-bond donors (Lipinski definition) is 2. The van der Waals surface area contributed by atoms with Crippen molar-refractivity contribution in [1.82, 2.24) is 0 Å². The van der Waals surface area contributed by atoms with E-state index in [0.29, 0.717) is 24.8 Å². The summed E-state index contributed by atoms with van der Waals surface area (Å²) in [7, 11) is -9.60. The van der Waals surface area contributed by atoms with Crippen molar-refractivity contribution in [2.45, 2.75) is 139 Å². The SMILES string of the molecule is CCCCCCCCCCc1ccc(S(=O)(=O)O)c(S(=O)(=O)O)c1CCCCCCCCCC.[NaH]. The Labute approximate surface area is 236 Å². The molecule has 0 saturated heterocycles. The molecule has 0 atom stereocenters. The maximum absolute atomic E-state index is 12.2. The van der Waals surface area contributed by atoms with Gasteiger partial charge in [0.15, 0.2) is 0 Å². The molecule has 0 spiro atoms. The summed E-state index contributed by atoms with van der Waals surface area (Å²) in [4.78, 5) is -1.38. The first-order valence-electron chi connectivity index (χ1n) is 13.2. The van der Waals surface area contributed by atoms with Crippen LogP contribution in [0.4, 0.5) is 0 Å². The molecule has 0 unspecified atom stereocenters. The predicted molar refractivity (Wildman–Crippen MR) is 146 cm³/mol. The number of rotatable bonds is 20. The van der Waals surface area contributed by atoms with E-state index >= 15 is 0 Å². The molecule has 35 heavy (non-hydrogen) atoms. The van der Waals surface area contributed by atoms with E-state index in [1.54, 1.807) is 6.07 Å². The van der Waals surface area contributed by atoms with E-state index in [1.165, 1.54) is 57.8 Å². The Morgan fingerprint density at radius 2 is 0.971 bits per heavy atom. The van der Waals surface area contributed by atoms with Gasteiger partial charge in [0.1, 0.15) is 9.79 Å². The van der Waals surface area contributed by atoms with E-state index in [9.17, 15) is 25.9 Å². The van der Waals surface area contributed by atoms with Crippen LogP contribution in [0.5, 0.6) is 0 Å². The molecule has 0 aliphatic carbocycles. The summed E-state index contributed by atoms with van der Waals surface area (Å²) in [6.45, 7) is 4.37. The summed E-state index contributed by atoms with van der Waals surface area (Å²) in [6.07, 6.45) is 18.8. The fraction of sp³-hybridized carbons (Fsp3) is 0.769. The number of unbranched alkanes of at least 4 members (excludes halogenated alkanes) is 14. The van der Waals surface area contributed by atoms with Crippen molar-refractivity contribution in [2.75, 3.05) is 0 Å². The van der Waals surface area contributed by atoms with Gasteiger partial charge in [0, 0.05) is 0 Å². The Bertz CT molecular complexity index is 914. The van der Waals surface area contributed by atoms with Gasteiger partial charge < -0.3 is 0 Å². The molecule has 1 aromatic carbocycles. The third-order valence-corrected chi connectivity index (χ3v) is 8.44. The van der Waals surface area contributed by atoms with E-state index in [-0.39, 0.29) is 29.6 Å². The Morgan fingerprint density at radius 3 is 1.37 bits per heavy atom. The topological polar surface area (TPSA) is 109 Å². The van der Waals surface area contributed by atoms with Crippen molar-refractivity contribution < 1.29 is 25.9 Å². The molecular weight excluding hydrogens is 495 g/mol. The van der Waals surface area contributed by atoms with Crippen LogP contribution in [0.3, 0.4) is 0 Å². The standard InChI is InChI=1S/C26H46O6S2.Na.H/c1-3-5-7-9-11-13-15-17-19-23-21-22-25(33(27,28)29)26(34(30,31)32)24(23)20-18-16-14-12-10-8-6-4-2;;/h21-22H,3-20H2,1-2H3,(H,27,28,29)(H,30,31,32);;. The van der Waals surface area contributed by atoms with Crippen molar-refractivity contribution in [2.24, 2.45) is 0 Å². The Hall–Kier alpha value is 0.0400. The van der Waals surface area contributed by atoms with Gasteiger partial charge in [-0.15, -0.1) is 0 Å². The molecular formula is C26H47NaO6S2. The van der Waals surface area contributed by atoms with Crippen LogP contribution in [-0.4, -0.2) is 55.5 Å². The second-order valence-corrected chi connectivity index (χ2v) is 12.2. The molecule has 0 saturated carbocycles. The van der Waals surface area contributed by atoms with Crippen molar-refractivity contribution >= 4 is 49.8 Å². The van der Waals surface area contributed by atoms with Gasteiger partial charge in [0.2, 0.25) is 0 Å². The third-order valence-electron chi connectivity index (χ3n) is 6.44. The average molecular weight is 543 g/mol. The molecule has 1 aromatic rings. The first-order chi connectivity index (χ1) is 16.1. The van der Waals surface area contributed by atoms with E-state index in [4.69, 9.17) is 0 Å². The van der Waals surface area contributed by atoms with Crippen LogP contribution in [0.15, 0.2) is 21.9 Å². The first-order valence-corrected chi connectivity index (χ1v) is 16.1. The van der Waals surface area contributed by atoms with Gasteiger partial charge in [-0.05, 0) is 42.9 Å². The monoisotopic (exact) mass is 542 g/mol. The zero-order valence-electron chi connectivity index (χ0n) is 21.2. The number of hydrogen-bond acceptors (Lipinski definition) is 4. The van der Waals surface area contributed by atoms with Gasteiger partial charge >= 0.3 is 29.6 Å². The minimum atomic E-state index is -4.81. The van der Waals surface area contributed by atoms with Gasteiger partial charge in [0.05, 0.1) is 0 Å². The van der Waals surface area contributed by atoms with Gasteiger partial charge in [0.25, 0.3) is 20.2 Å². The van der Waals surface area contributed by atoms with Crippen LogP contribution in [0, 0.1) is 0 Å². The molecule has 0 aliphatic heterocycles. The van der Waals surface area contributed by atoms with Gasteiger partial charge in [-0.3, -0.25) is 9.11 Å². The molecule has 0 aromatic heterocycles. The fourth-order valence-electron chi connectivity index (χ4n) is 4.53. The summed E-state index contributed by atoms with van der Waals surface area (Å²) in [5.41, 5.74) is 1.08. The molecule has 1 rings (SSSR count). The van der Waals surface area contributed by atoms with Crippen molar-refractivity contribution in [3.05, 3.63) is 23.3 Å². The summed E-state index contributed by atoms with van der Waals surface area (Å²) < 4.78 is 67.5. The van der Waals surface area contributed by atoms with Crippen molar-refractivity contribution in [3.8, 4) is 0 Å². The van der Waals surface area contributed by atoms with Gasteiger partial charge in [-0.25, -0.2) is 0 Å². The molecule has 0 bridgehead atoms. The molecule has 6 nitrogen and oxygen atoms in total. The van der Waals surface area contributed by atoms with Crippen LogP contribution in [-0.2, 0) is 33.1 Å². The van der Waals surface area contributed by atoms with E-state index < -0.39 is 30.0 Å². The molecule has 0 aliphatic rings. The Morgan fingerprint density at radius 1 is 0.571 bits per heavy atom. The van der Waals surface area contributed by atoms with Crippen LogP contribution >= 0.6 is 0 Å². The second-order valence-electron chi connectivity index (χ2n) is 9.43. The number of benzene rings is 1. The van der Waals surface area contributed by atoms with Crippen LogP contribution in [0.25, 0.3) is 0 Å². The second kappa shape index (κ2) is 19.2. The molecule has 2 N–H and O–H groups in total. The minimum absolute atomic E-state index is 0. The van der Waals surface area contributed by atoms with Gasteiger partial charge in [-0.1, -0.05) is 110 Å². The van der Waals surface area contributed by atoms with Crippen molar-refractivity contribution in [1.29, 1.82) is 0 Å². The summed E-state index contributed by atoms with van der Waals surface area (Å²) in [6, 6.07) is 2.70. The van der Waals surface area contributed by atoms with E-state index in [0.717, 1.165) is 50.2 Å². The summed E-state index contributed by atoms with van der Waals surface area (Å²) >= 11 is 0. The molecule has 0 fully saturated rings. The Balaban J connectivity index is 0.0000116. The zero-order valence-corrected chi connectivity index (χ0v) is 22.9. The zero-order chi connectivity index (χ0) is 25.5. The van der Waals surface area contributed by atoms with E-state index in [1.807, 2.05) is 0 Å². The molecule has 0 heterocycles. The third kappa shape index (κ3) is 14.5. The molecule has 9 heteroatoms. The molecule has 0 amide bonds. The maximum atomic E-state index is 12.2. The van der Waals surface area contributed by atoms with E-state index in [2.05, 4.69) is 13.8 Å². The summed E-state index contributed by atoms with van der Waals surface area (Å²) in [5, 5.41) is 0. The first kappa shape index (κ1) is 35.0. The van der Waals surface area contributed by atoms with Crippen LogP contribution in [0.1, 0.15) is 128 Å². The molecule has 0 radical (unpaired) electrons. The molecule has 200 valence electrons. The predicted octanol–water partition coefficient (Wildman–Crippen LogP) is 6.90. The summed E-state index contributed by atoms with van der Waals surface area (Å²) in [5.74, 6) is 0. The van der Waals surface area contributed by atoms with Crippen LogP contribution < -0.4 is 0 Å². The Kier molecular flexibility index (Phi) is 19.2.